The fraction of sp³-hybridized carbons (Fsp3) is 0.333. The zero-order valence-electron chi connectivity index (χ0n) is 12.6. The molecule has 0 saturated carbocycles. The minimum atomic E-state index is -3.34. The third kappa shape index (κ3) is 3.80. The van der Waals surface area contributed by atoms with Gasteiger partial charge in [-0.2, -0.15) is 0 Å². The minimum Gasteiger partial charge on any atom is -0.378 e. The molecule has 8 heteroatoms. The molecule has 1 aromatic heterocycles. The molecule has 0 N–H and O–H groups in total. The third-order valence-electron chi connectivity index (χ3n) is 3.62. The normalized spacial score (nSPS) is 15.7. The van der Waals surface area contributed by atoms with E-state index in [0.29, 0.717) is 24.5 Å². The summed E-state index contributed by atoms with van der Waals surface area (Å²) in [5.74, 6) is 0. The highest BCUT2D eigenvalue weighted by atomic mass is 35.5. The van der Waals surface area contributed by atoms with Gasteiger partial charge in [0.2, 0.25) is 5.28 Å². The van der Waals surface area contributed by atoms with Gasteiger partial charge in [0.15, 0.2) is 9.84 Å². The number of benzene rings is 1. The molecule has 0 aliphatic carbocycles. The second kappa shape index (κ2) is 6.43. The molecule has 6 nitrogen and oxygen atoms in total. The first-order valence-electron chi connectivity index (χ1n) is 7.10. The van der Waals surface area contributed by atoms with Crippen LogP contribution in [0.2, 0.25) is 5.28 Å². The predicted molar refractivity (Wildman–Crippen MR) is 88.6 cm³/mol. The smallest absolute Gasteiger partial charge is 0.222 e. The maximum atomic E-state index is 12.0. The average molecular weight is 354 g/mol. The number of nitrogens with zero attached hydrogens (tertiary/aromatic N) is 3. The Hall–Kier alpha value is -1.70. The van der Waals surface area contributed by atoms with Crippen LogP contribution in [0.3, 0.4) is 0 Å². The van der Waals surface area contributed by atoms with Gasteiger partial charge in [0.25, 0.3) is 0 Å². The SMILES string of the molecule is CS(=O)(=O)c1cc(-c2ccnc(Cl)n2)cc(N2CCOCC2)c1. The number of hydrogen-bond acceptors (Lipinski definition) is 6. The van der Waals surface area contributed by atoms with Crippen molar-refractivity contribution in [2.24, 2.45) is 0 Å². The van der Waals surface area contributed by atoms with Crippen molar-refractivity contribution < 1.29 is 13.2 Å². The van der Waals surface area contributed by atoms with Crippen molar-refractivity contribution in [3.63, 3.8) is 0 Å². The molecule has 0 bridgehead atoms. The Bertz CT molecular complexity index is 820. The van der Waals surface area contributed by atoms with E-state index in [1.54, 1.807) is 24.4 Å². The highest BCUT2D eigenvalue weighted by molar-refractivity contribution is 7.90. The first kappa shape index (κ1) is 16.2. The van der Waals surface area contributed by atoms with Crippen molar-refractivity contribution in [3.05, 3.63) is 35.7 Å². The predicted octanol–water partition coefficient (Wildman–Crippen LogP) is 2.04. The fourth-order valence-corrected chi connectivity index (χ4v) is 3.27. The number of halogens is 1. The number of rotatable bonds is 3. The summed E-state index contributed by atoms with van der Waals surface area (Å²) in [5.41, 5.74) is 2.12. The number of sulfone groups is 1. The van der Waals surface area contributed by atoms with Gasteiger partial charge >= 0.3 is 0 Å². The Morgan fingerprint density at radius 3 is 2.61 bits per heavy atom. The topological polar surface area (TPSA) is 72.4 Å². The number of anilines is 1. The maximum absolute atomic E-state index is 12.0. The lowest BCUT2D eigenvalue weighted by molar-refractivity contribution is 0.122. The van der Waals surface area contributed by atoms with Crippen LogP contribution < -0.4 is 4.90 Å². The molecule has 0 atom stereocenters. The fourth-order valence-electron chi connectivity index (χ4n) is 2.45. The zero-order valence-corrected chi connectivity index (χ0v) is 14.1. The molecular weight excluding hydrogens is 338 g/mol. The monoisotopic (exact) mass is 353 g/mol. The molecule has 2 aromatic rings. The van der Waals surface area contributed by atoms with Gasteiger partial charge in [-0.05, 0) is 35.9 Å². The number of morpholine rings is 1. The van der Waals surface area contributed by atoms with Crippen molar-refractivity contribution in [1.82, 2.24) is 9.97 Å². The average Bonchev–Trinajstić information content (AvgIpc) is 2.54. The molecule has 2 heterocycles. The molecule has 0 spiro atoms. The van der Waals surface area contributed by atoms with E-state index in [1.807, 2.05) is 6.07 Å². The van der Waals surface area contributed by atoms with Crippen molar-refractivity contribution in [1.29, 1.82) is 0 Å². The third-order valence-corrected chi connectivity index (χ3v) is 4.89. The molecule has 1 aliphatic heterocycles. The van der Waals surface area contributed by atoms with E-state index in [0.717, 1.165) is 18.8 Å². The molecular formula is C15H16ClN3O3S. The number of aromatic nitrogens is 2. The van der Waals surface area contributed by atoms with Crippen LogP contribution in [0.1, 0.15) is 0 Å². The minimum absolute atomic E-state index is 0.125. The molecule has 0 radical (unpaired) electrons. The molecule has 0 unspecified atom stereocenters. The second-order valence-corrected chi connectivity index (χ2v) is 7.65. The Morgan fingerprint density at radius 2 is 1.96 bits per heavy atom. The van der Waals surface area contributed by atoms with Crippen molar-refractivity contribution in [2.75, 3.05) is 37.5 Å². The Balaban J connectivity index is 2.11. The first-order chi connectivity index (χ1) is 10.9. The maximum Gasteiger partial charge on any atom is 0.222 e. The van der Waals surface area contributed by atoms with Gasteiger partial charge in [-0.15, -0.1) is 0 Å². The Morgan fingerprint density at radius 1 is 1.22 bits per heavy atom. The van der Waals surface area contributed by atoms with E-state index in [4.69, 9.17) is 16.3 Å². The largest absolute Gasteiger partial charge is 0.378 e. The molecule has 1 fully saturated rings. The van der Waals surface area contributed by atoms with Gasteiger partial charge in [0, 0.05) is 36.8 Å². The van der Waals surface area contributed by atoms with E-state index in [-0.39, 0.29) is 10.2 Å². The lowest BCUT2D eigenvalue weighted by Crippen LogP contribution is -2.36. The Kier molecular flexibility index (Phi) is 4.52. The van der Waals surface area contributed by atoms with Crippen LogP contribution in [0.25, 0.3) is 11.3 Å². The first-order valence-corrected chi connectivity index (χ1v) is 9.37. The van der Waals surface area contributed by atoms with E-state index in [2.05, 4.69) is 14.9 Å². The number of ether oxygens (including phenoxy) is 1. The summed E-state index contributed by atoms with van der Waals surface area (Å²) in [6, 6.07) is 6.92. The van der Waals surface area contributed by atoms with E-state index in [9.17, 15) is 8.42 Å². The lowest BCUT2D eigenvalue weighted by Gasteiger charge is -2.29. The molecule has 1 aromatic carbocycles. The molecule has 1 aliphatic rings. The molecule has 1 saturated heterocycles. The molecule has 122 valence electrons. The van der Waals surface area contributed by atoms with Crippen molar-refractivity contribution in [3.8, 4) is 11.3 Å². The van der Waals surface area contributed by atoms with Gasteiger partial charge in [0.1, 0.15) is 0 Å². The standard InChI is InChI=1S/C15H16ClN3O3S/c1-23(20,21)13-9-11(14-2-3-17-15(16)18-14)8-12(10-13)19-4-6-22-7-5-19/h2-3,8-10H,4-7H2,1H3. The summed E-state index contributed by atoms with van der Waals surface area (Å²) in [5, 5.41) is 0.125. The summed E-state index contributed by atoms with van der Waals surface area (Å²) in [4.78, 5) is 10.4. The van der Waals surface area contributed by atoms with Crippen LogP contribution in [-0.4, -0.2) is 50.9 Å². The lowest BCUT2D eigenvalue weighted by atomic mass is 10.1. The summed E-state index contributed by atoms with van der Waals surface area (Å²) >= 11 is 5.85. The van der Waals surface area contributed by atoms with Gasteiger partial charge in [-0.25, -0.2) is 18.4 Å². The van der Waals surface area contributed by atoms with Crippen LogP contribution in [0, 0.1) is 0 Å². The zero-order chi connectivity index (χ0) is 16.4. The van der Waals surface area contributed by atoms with E-state index < -0.39 is 9.84 Å². The molecule has 23 heavy (non-hydrogen) atoms. The van der Waals surface area contributed by atoms with Crippen LogP contribution >= 0.6 is 11.6 Å². The van der Waals surface area contributed by atoms with Crippen molar-refractivity contribution in [2.45, 2.75) is 4.90 Å². The van der Waals surface area contributed by atoms with Crippen LogP contribution in [0.5, 0.6) is 0 Å². The van der Waals surface area contributed by atoms with Gasteiger partial charge in [0.05, 0.1) is 23.8 Å². The van der Waals surface area contributed by atoms with Crippen LogP contribution in [0.15, 0.2) is 35.4 Å². The van der Waals surface area contributed by atoms with E-state index >= 15 is 0 Å². The molecule has 3 rings (SSSR count). The highest BCUT2D eigenvalue weighted by Crippen LogP contribution is 2.29. The van der Waals surface area contributed by atoms with Crippen LogP contribution in [-0.2, 0) is 14.6 Å². The summed E-state index contributed by atoms with van der Waals surface area (Å²) in [7, 11) is -3.34. The molecule has 0 amide bonds. The van der Waals surface area contributed by atoms with Gasteiger partial charge in [-0.1, -0.05) is 0 Å². The second-order valence-electron chi connectivity index (χ2n) is 5.30. The summed E-state index contributed by atoms with van der Waals surface area (Å²) in [6.45, 7) is 2.68. The van der Waals surface area contributed by atoms with E-state index in [1.165, 1.54) is 6.26 Å². The summed E-state index contributed by atoms with van der Waals surface area (Å²) < 4.78 is 29.4. The van der Waals surface area contributed by atoms with Gasteiger partial charge in [-0.3, -0.25) is 0 Å². The van der Waals surface area contributed by atoms with Crippen molar-refractivity contribution >= 4 is 27.1 Å². The summed E-state index contributed by atoms with van der Waals surface area (Å²) in [6.07, 6.45) is 2.74. The quantitative estimate of drug-likeness (QED) is 0.786. The Labute approximate surface area is 140 Å². The van der Waals surface area contributed by atoms with Crippen LogP contribution in [0.4, 0.5) is 5.69 Å². The highest BCUT2D eigenvalue weighted by Gasteiger charge is 2.17. The van der Waals surface area contributed by atoms with Gasteiger partial charge < -0.3 is 9.64 Å². The number of hydrogen-bond donors (Lipinski definition) is 0.